The van der Waals surface area contributed by atoms with Gasteiger partial charge in [0.1, 0.15) is 24.4 Å². The minimum Gasteiger partial charge on any atom is -0.394 e. The summed E-state index contributed by atoms with van der Waals surface area (Å²) in [5, 5.41) is 38.2. The van der Waals surface area contributed by atoms with Crippen molar-refractivity contribution in [1.82, 2.24) is 0 Å². The molecule has 0 aromatic carbocycles. The van der Waals surface area contributed by atoms with Crippen LogP contribution in [-0.2, 0) is 9.47 Å². The van der Waals surface area contributed by atoms with Crippen LogP contribution < -0.4 is 0 Å². The Bertz CT molecular complexity index is 307. The third kappa shape index (κ3) is 6.45. The summed E-state index contributed by atoms with van der Waals surface area (Å²) in [6, 6.07) is 0. The van der Waals surface area contributed by atoms with Crippen molar-refractivity contribution < 1.29 is 34.4 Å². The first-order chi connectivity index (χ1) is 10.3. The molecule has 0 saturated carbocycles. The highest BCUT2D eigenvalue weighted by Crippen LogP contribution is 2.22. The number of quaternary nitrogens is 1. The van der Waals surface area contributed by atoms with Gasteiger partial charge in [-0.2, -0.15) is 0 Å². The van der Waals surface area contributed by atoms with Crippen LogP contribution in [0.4, 0.5) is 0 Å². The third-order valence-electron chi connectivity index (χ3n) is 3.85. The molecule has 7 heteroatoms. The number of aliphatic hydroxyl groups excluding tert-OH is 4. The first kappa shape index (κ1) is 19.8. The Morgan fingerprint density at radius 1 is 0.909 bits per heavy atom. The van der Waals surface area contributed by atoms with E-state index in [1.165, 1.54) is 0 Å². The molecule has 0 radical (unpaired) electrons. The van der Waals surface area contributed by atoms with Crippen LogP contribution in [0.2, 0.25) is 0 Å². The van der Waals surface area contributed by atoms with E-state index in [1.807, 2.05) is 0 Å². The number of unbranched alkanes of at least 4 members (excludes halogenated alkanes) is 3. The van der Waals surface area contributed by atoms with Crippen molar-refractivity contribution in [2.45, 2.75) is 56.4 Å². The molecular weight excluding hydrogens is 290 g/mol. The summed E-state index contributed by atoms with van der Waals surface area (Å²) in [7, 11) is 6.51. The molecule has 0 spiro atoms. The van der Waals surface area contributed by atoms with Crippen LogP contribution in [0.25, 0.3) is 0 Å². The van der Waals surface area contributed by atoms with E-state index in [9.17, 15) is 15.3 Å². The lowest BCUT2D eigenvalue weighted by molar-refractivity contribution is -0.870. The molecule has 1 aliphatic heterocycles. The minimum absolute atomic E-state index is 0.410. The van der Waals surface area contributed by atoms with Crippen LogP contribution in [0.3, 0.4) is 0 Å². The van der Waals surface area contributed by atoms with Gasteiger partial charge in [-0.25, -0.2) is 0 Å². The maximum Gasteiger partial charge on any atom is 0.186 e. The Morgan fingerprint density at radius 2 is 1.55 bits per heavy atom. The van der Waals surface area contributed by atoms with Gasteiger partial charge in [-0.15, -0.1) is 0 Å². The maximum absolute atomic E-state index is 9.81. The van der Waals surface area contributed by atoms with Crippen molar-refractivity contribution in [3.05, 3.63) is 0 Å². The Balaban J connectivity index is 2.18. The van der Waals surface area contributed by atoms with Gasteiger partial charge in [-0.1, -0.05) is 6.42 Å². The van der Waals surface area contributed by atoms with E-state index in [0.29, 0.717) is 6.61 Å². The minimum atomic E-state index is -1.37. The van der Waals surface area contributed by atoms with Crippen molar-refractivity contribution in [2.24, 2.45) is 0 Å². The number of ether oxygens (including phenoxy) is 2. The fourth-order valence-corrected chi connectivity index (χ4v) is 2.45. The summed E-state index contributed by atoms with van der Waals surface area (Å²) in [5.41, 5.74) is 0. The summed E-state index contributed by atoms with van der Waals surface area (Å²) in [5.74, 6) is 0. The number of hydrogen-bond acceptors (Lipinski definition) is 6. The zero-order chi connectivity index (χ0) is 16.8. The topological polar surface area (TPSA) is 99.4 Å². The zero-order valence-electron chi connectivity index (χ0n) is 13.9. The molecule has 132 valence electrons. The van der Waals surface area contributed by atoms with E-state index in [4.69, 9.17) is 14.6 Å². The van der Waals surface area contributed by atoms with Crippen LogP contribution in [0, 0.1) is 0 Å². The predicted molar refractivity (Wildman–Crippen MR) is 81.1 cm³/mol. The van der Waals surface area contributed by atoms with Gasteiger partial charge in [0, 0.05) is 6.61 Å². The number of aliphatic hydroxyl groups is 4. The molecule has 22 heavy (non-hydrogen) atoms. The predicted octanol–water partition coefficient (Wildman–Crippen LogP) is -0.930. The molecule has 5 atom stereocenters. The molecule has 1 aliphatic rings. The lowest BCUT2D eigenvalue weighted by Crippen LogP contribution is -2.59. The SMILES string of the molecule is C[N+](C)(C)CCCCCCO[C@@H]1O[C@H](CO)[C@@H](O)[C@H](O)[C@H]1O. The molecule has 7 nitrogen and oxygen atoms in total. The van der Waals surface area contributed by atoms with E-state index >= 15 is 0 Å². The van der Waals surface area contributed by atoms with Crippen molar-refractivity contribution in [2.75, 3.05) is 40.9 Å². The van der Waals surface area contributed by atoms with Gasteiger partial charge in [0.15, 0.2) is 6.29 Å². The van der Waals surface area contributed by atoms with E-state index in [0.717, 1.165) is 36.7 Å². The normalized spacial score (nSPS) is 33.1. The highest BCUT2D eigenvalue weighted by molar-refractivity contribution is 4.88. The lowest BCUT2D eigenvalue weighted by Gasteiger charge is -2.39. The van der Waals surface area contributed by atoms with E-state index in [-0.39, 0.29) is 0 Å². The summed E-state index contributed by atoms with van der Waals surface area (Å²) in [6.07, 6.45) is -1.80. The molecule has 0 amide bonds. The van der Waals surface area contributed by atoms with Crippen molar-refractivity contribution in [1.29, 1.82) is 0 Å². The second kappa shape index (κ2) is 9.12. The van der Waals surface area contributed by atoms with Crippen LogP contribution in [0.5, 0.6) is 0 Å². The molecule has 0 aromatic heterocycles. The fraction of sp³-hybridized carbons (Fsp3) is 1.00. The van der Waals surface area contributed by atoms with Crippen LogP contribution in [0.15, 0.2) is 0 Å². The first-order valence-corrected chi connectivity index (χ1v) is 7.99. The van der Waals surface area contributed by atoms with Gasteiger partial charge in [-0.3, -0.25) is 0 Å². The van der Waals surface area contributed by atoms with E-state index in [2.05, 4.69) is 21.1 Å². The molecule has 1 fully saturated rings. The molecule has 1 rings (SSSR count). The molecule has 0 unspecified atom stereocenters. The van der Waals surface area contributed by atoms with Crippen molar-refractivity contribution >= 4 is 0 Å². The van der Waals surface area contributed by atoms with Crippen LogP contribution >= 0.6 is 0 Å². The smallest absolute Gasteiger partial charge is 0.186 e. The summed E-state index contributed by atoms with van der Waals surface area (Å²) in [6.45, 7) is 1.11. The van der Waals surface area contributed by atoms with Gasteiger partial charge in [0.05, 0.1) is 34.3 Å². The van der Waals surface area contributed by atoms with Gasteiger partial charge < -0.3 is 34.4 Å². The molecular formula is C15H32NO6+. The third-order valence-corrected chi connectivity index (χ3v) is 3.85. The first-order valence-electron chi connectivity index (χ1n) is 7.99. The fourth-order valence-electron chi connectivity index (χ4n) is 2.45. The second-order valence-corrected chi connectivity index (χ2v) is 7.00. The highest BCUT2D eigenvalue weighted by Gasteiger charge is 2.43. The van der Waals surface area contributed by atoms with Gasteiger partial charge in [-0.05, 0) is 19.3 Å². The van der Waals surface area contributed by atoms with Gasteiger partial charge >= 0.3 is 0 Å². The molecule has 0 aliphatic carbocycles. The maximum atomic E-state index is 9.81. The molecule has 1 heterocycles. The van der Waals surface area contributed by atoms with Crippen LogP contribution in [-0.4, -0.2) is 96.5 Å². The van der Waals surface area contributed by atoms with Crippen molar-refractivity contribution in [3.63, 3.8) is 0 Å². The largest absolute Gasteiger partial charge is 0.394 e. The Kier molecular flexibility index (Phi) is 8.20. The van der Waals surface area contributed by atoms with E-state index in [1.54, 1.807) is 0 Å². The Labute approximate surface area is 132 Å². The standard InChI is InChI=1S/C15H32NO6/c1-16(2,3)8-6-4-5-7-9-21-15-14(20)13(19)12(18)11(10-17)22-15/h11-15,17-20H,4-10H2,1-3H3/q+1/t11-,12-,13+,14-,15-/m1/s1. The number of rotatable bonds is 9. The Hall–Kier alpha value is -0.280. The zero-order valence-corrected chi connectivity index (χ0v) is 13.9. The van der Waals surface area contributed by atoms with Crippen LogP contribution in [0.1, 0.15) is 25.7 Å². The molecule has 4 N–H and O–H groups in total. The second-order valence-electron chi connectivity index (χ2n) is 7.00. The summed E-state index contributed by atoms with van der Waals surface area (Å²) in [4.78, 5) is 0. The Morgan fingerprint density at radius 3 is 2.14 bits per heavy atom. The molecule has 0 aromatic rings. The average molecular weight is 322 g/mol. The lowest BCUT2D eigenvalue weighted by atomic mass is 9.99. The summed E-state index contributed by atoms with van der Waals surface area (Å²) >= 11 is 0. The number of hydrogen-bond donors (Lipinski definition) is 4. The number of nitrogens with zero attached hydrogens (tertiary/aromatic N) is 1. The van der Waals surface area contributed by atoms with Gasteiger partial charge in [0.25, 0.3) is 0 Å². The van der Waals surface area contributed by atoms with E-state index < -0.39 is 37.3 Å². The molecule has 0 bridgehead atoms. The van der Waals surface area contributed by atoms with Crippen molar-refractivity contribution in [3.8, 4) is 0 Å². The summed E-state index contributed by atoms with van der Waals surface area (Å²) < 4.78 is 11.7. The average Bonchev–Trinajstić information content (AvgIpc) is 2.45. The molecule has 1 saturated heterocycles. The highest BCUT2D eigenvalue weighted by atomic mass is 16.7. The monoisotopic (exact) mass is 322 g/mol. The van der Waals surface area contributed by atoms with Gasteiger partial charge in [0.2, 0.25) is 0 Å². The quantitative estimate of drug-likeness (QED) is 0.323.